The quantitative estimate of drug-likeness (QED) is 0.259. The van der Waals surface area contributed by atoms with Gasteiger partial charge in [-0.3, -0.25) is 19.1 Å². The second kappa shape index (κ2) is 13.5. The number of ether oxygens (including phenoxy) is 1. The van der Waals surface area contributed by atoms with Crippen molar-refractivity contribution in [2.24, 2.45) is 11.7 Å². The molecule has 2 aromatic heterocycles. The number of nitrogens with two attached hydrogens (primary N) is 1. The Bertz CT molecular complexity index is 2180. The van der Waals surface area contributed by atoms with Crippen LogP contribution in [0.2, 0.25) is 0 Å². The maximum Gasteiger partial charge on any atom is 0.259 e. The number of sulfonamides is 1. The Balaban J connectivity index is 1.11. The molecule has 17 heteroatoms. The third kappa shape index (κ3) is 7.17. The van der Waals surface area contributed by atoms with Gasteiger partial charge in [0.15, 0.2) is 5.69 Å². The molecule has 2 aliphatic carbocycles. The summed E-state index contributed by atoms with van der Waals surface area (Å²) in [5.74, 6) is -6.36. The molecule has 3 amide bonds. The average Bonchev–Trinajstić information content (AvgIpc) is 4.00. The van der Waals surface area contributed by atoms with Gasteiger partial charge in [0.25, 0.3) is 5.91 Å². The third-order valence-electron chi connectivity index (χ3n) is 10.6. The molecule has 0 spiro atoms. The van der Waals surface area contributed by atoms with Gasteiger partial charge in [0.1, 0.15) is 22.7 Å². The van der Waals surface area contributed by atoms with E-state index >= 15 is 8.78 Å². The number of hydrogen-bond acceptors (Lipinski definition) is 11. The summed E-state index contributed by atoms with van der Waals surface area (Å²) >= 11 is 1.41. The lowest BCUT2D eigenvalue weighted by Gasteiger charge is -2.28. The number of para-hydroxylation sites is 3. The van der Waals surface area contributed by atoms with E-state index in [9.17, 15) is 22.8 Å². The summed E-state index contributed by atoms with van der Waals surface area (Å²) in [6.45, 7) is -0.0604. The van der Waals surface area contributed by atoms with Crippen molar-refractivity contribution >= 4 is 60.3 Å². The van der Waals surface area contributed by atoms with E-state index in [-0.39, 0.29) is 38.1 Å². The molecule has 0 bridgehead atoms. The highest BCUT2D eigenvalue weighted by Gasteiger charge is 2.65. The summed E-state index contributed by atoms with van der Waals surface area (Å²) in [5.41, 5.74) is 6.80. The predicted molar refractivity (Wildman–Crippen MR) is 192 cm³/mol. The molecule has 4 fully saturated rings. The standard InChI is InChI=1S/C36H39F2N7O6S2/c37-35(38)15-7-1-2-8-23(39)33(47)45-19-21(16-27(45)30(46)43-36(18-20(36)17-35)34(48)44-53(49,50)22-13-14-22)51-31-29(40-24-9-3-4-10-25(24)41-31)32-42-26-11-5-6-12-28(26)52-32/h3-6,9-12,20-23,27H,1-2,7-8,13-19,39H2,(H,43,46)(H,44,48)/t20-,21-,23+,27+,36-/m1/s1. The van der Waals surface area contributed by atoms with Crippen molar-refractivity contribution in [1.29, 1.82) is 0 Å². The Hall–Kier alpha value is -4.35. The van der Waals surface area contributed by atoms with Crippen LogP contribution in [-0.4, -0.2) is 87.4 Å². The molecular weight excluding hydrogens is 729 g/mol. The lowest BCUT2D eigenvalue weighted by atomic mass is 10.0. The molecule has 2 aliphatic heterocycles. The number of nitrogens with zero attached hydrogens (tertiary/aromatic N) is 4. The number of hydrogen-bond donors (Lipinski definition) is 3. The number of aromatic nitrogens is 3. The fraction of sp³-hybridized carbons (Fsp3) is 0.500. The van der Waals surface area contributed by atoms with Crippen molar-refractivity contribution in [3.8, 4) is 16.6 Å². The normalized spacial score (nSPS) is 28.0. The number of benzene rings is 2. The van der Waals surface area contributed by atoms with Crippen LogP contribution >= 0.6 is 11.3 Å². The SMILES string of the molecule is N[C@H]1CCCCCC(F)(F)C[C@@H]2C[C@@]2(C(=O)NS(=O)(=O)C2CC2)NC(=O)[C@@H]2C[C@@H](Oc3nc4ccccc4nc3-c3nc4ccccc4s3)CN2C1=O. The van der Waals surface area contributed by atoms with E-state index in [0.717, 1.165) is 10.2 Å². The van der Waals surface area contributed by atoms with Crippen molar-refractivity contribution in [1.82, 2.24) is 29.9 Å². The minimum atomic E-state index is -4.04. The summed E-state index contributed by atoms with van der Waals surface area (Å²) in [5, 5.41) is 2.47. The van der Waals surface area contributed by atoms with Crippen LogP contribution in [0.5, 0.6) is 5.88 Å². The molecular formula is C36H39F2N7O6S2. The zero-order valence-corrected chi connectivity index (χ0v) is 30.3. The second-order valence-electron chi connectivity index (χ2n) is 14.6. The van der Waals surface area contributed by atoms with Crippen molar-refractivity contribution < 1.29 is 36.3 Å². The number of nitrogens with one attached hydrogen (secondary N) is 2. The number of amides is 3. The van der Waals surface area contributed by atoms with Gasteiger partial charge in [0.05, 0.1) is 39.1 Å². The van der Waals surface area contributed by atoms with Crippen LogP contribution in [-0.2, 0) is 24.4 Å². The van der Waals surface area contributed by atoms with E-state index in [2.05, 4.69) is 10.0 Å². The zero-order chi connectivity index (χ0) is 37.1. The molecule has 4 heterocycles. The first kappa shape index (κ1) is 35.7. The van der Waals surface area contributed by atoms with Gasteiger partial charge in [0.2, 0.25) is 33.6 Å². The highest BCUT2D eigenvalue weighted by atomic mass is 32.2. The summed E-state index contributed by atoms with van der Waals surface area (Å²) in [4.78, 5) is 57.4. The molecule has 2 aromatic carbocycles. The van der Waals surface area contributed by atoms with E-state index in [0.29, 0.717) is 47.4 Å². The van der Waals surface area contributed by atoms with Crippen LogP contribution in [0, 0.1) is 5.92 Å². The molecule has 2 saturated carbocycles. The van der Waals surface area contributed by atoms with Crippen molar-refractivity contribution in [3.63, 3.8) is 0 Å². The molecule has 53 heavy (non-hydrogen) atoms. The van der Waals surface area contributed by atoms with Crippen LogP contribution in [0.3, 0.4) is 0 Å². The van der Waals surface area contributed by atoms with Crippen LogP contribution in [0.15, 0.2) is 48.5 Å². The van der Waals surface area contributed by atoms with Crippen LogP contribution in [0.1, 0.15) is 64.2 Å². The Kier molecular flexibility index (Phi) is 9.08. The topological polar surface area (TPSA) is 187 Å². The lowest BCUT2D eigenvalue weighted by Crippen LogP contribution is -2.58. The first-order valence-corrected chi connectivity index (χ1v) is 20.3. The van der Waals surface area contributed by atoms with Gasteiger partial charge < -0.3 is 20.7 Å². The molecule has 4 aromatic rings. The largest absolute Gasteiger partial charge is 0.471 e. The molecule has 8 rings (SSSR count). The first-order valence-electron chi connectivity index (χ1n) is 17.9. The predicted octanol–water partition coefficient (Wildman–Crippen LogP) is 4.05. The van der Waals surface area contributed by atoms with Gasteiger partial charge in [-0.25, -0.2) is 32.2 Å². The van der Waals surface area contributed by atoms with E-state index in [1.54, 1.807) is 6.07 Å². The summed E-state index contributed by atoms with van der Waals surface area (Å²) in [6.07, 6.45) is -0.130. The molecule has 13 nitrogen and oxygen atoms in total. The third-order valence-corrected chi connectivity index (χ3v) is 13.5. The van der Waals surface area contributed by atoms with E-state index in [4.69, 9.17) is 25.4 Å². The molecule has 280 valence electrons. The first-order chi connectivity index (χ1) is 25.3. The van der Waals surface area contributed by atoms with Crippen LogP contribution in [0.4, 0.5) is 8.78 Å². The van der Waals surface area contributed by atoms with Crippen LogP contribution < -0.4 is 20.5 Å². The maximum atomic E-state index is 15.2. The smallest absolute Gasteiger partial charge is 0.259 e. The number of halogens is 2. The Morgan fingerprint density at radius 2 is 1.68 bits per heavy atom. The lowest BCUT2D eigenvalue weighted by molar-refractivity contribution is -0.140. The molecule has 0 unspecified atom stereocenters. The molecule has 0 radical (unpaired) electrons. The van der Waals surface area contributed by atoms with Gasteiger partial charge >= 0.3 is 0 Å². The van der Waals surface area contributed by atoms with Crippen LogP contribution in [0.25, 0.3) is 32.0 Å². The summed E-state index contributed by atoms with van der Waals surface area (Å²) < 4.78 is 65.4. The number of fused-ring (bicyclic) bond motifs is 4. The van der Waals surface area contributed by atoms with E-state index < -0.39 is 81.4 Å². The van der Waals surface area contributed by atoms with Gasteiger partial charge in [-0.05, 0) is 62.3 Å². The highest BCUT2D eigenvalue weighted by Crippen LogP contribution is 2.51. The molecule has 4 aliphatic rings. The molecule has 4 N–H and O–H groups in total. The Labute approximate surface area is 308 Å². The van der Waals surface area contributed by atoms with Crippen molar-refractivity contribution in [3.05, 3.63) is 48.5 Å². The highest BCUT2D eigenvalue weighted by molar-refractivity contribution is 7.91. The minimum Gasteiger partial charge on any atom is -0.471 e. The number of thiazole rings is 1. The Morgan fingerprint density at radius 1 is 0.962 bits per heavy atom. The molecule has 2 saturated heterocycles. The van der Waals surface area contributed by atoms with E-state index in [1.807, 2.05) is 42.5 Å². The van der Waals surface area contributed by atoms with Gasteiger partial charge in [-0.1, -0.05) is 37.1 Å². The van der Waals surface area contributed by atoms with Gasteiger partial charge in [-0.2, -0.15) is 0 Å². The number of alkyl halides is 2. The van der Waals surface area contributed by atoms with Crippen molar-refractivity contribution in [2.45, 2.75) is 99.1 Å². The number of carbonyl (C=O) groups excluding carboxylic acids is 3. The average molecular weight is 768 g/mol. The monoisotopic (exact) mass is 767 g/mol. The van der Waals surface area contributed by atoms with Gasteiger partial charge in [-0.15, -0.1) is 11.3 Å². The fourth-order valence-electron chi connectivity index (χ4n) is 7.48. The number of carbonyl (C=O) groups is 3. The van der Waals surface area contributed by atoms with Gasteiger partial charge in [0, 0.05) is 19.3 Å². The zero-order valence-electron chi connectivity index (χ0n) is 28.7. The number of rotatable bonds is 6. The van der Waals surface area contributed by atoms with E-state index in [1.165, 1.54) is 16.2 Å². The Morgan fingerprint density at radius 3 is 2.42 bits per heavy atom. The van der Waals surface area contributed by atoms with Crippen molar-refractivity contribution in [2.75, 3.05) is 6.54 Å². The minimum absolute atomic E-state index is 0.0447. The fourth-order valence-corrected chi connectivity index (χ4v) is 9.80. The maximum absolute atomic E-state index is 15.2. The molecule has 5 atom stereocenters. The summed E-state index contributed by atoms with van der Waals surface area (Å²) in [6, 6.07) is 12.7. The second-order valence-corrected chi connectivity index (χ2v) is 17.6. The summed E-state index contributed by atoms with van der Waals surface area (Å²) in [7, 11) is -4.04.